The smallest absolute Gasteiger partial charge is 0.321 e. The molecule has 2 rings (SSSR count). The molecule has 1 aromatic carbocycles. The molecule has 0 aliphatic rings. The Balaban J connectivity index is 2.14. The summed E-state index contributed by atoms with van der Waals surface area (Å²) in [5.74, 6) is 0.761. The minimum atomic E-state index is 0.196. The van der Waals surface area contributed by atoms with Gasteiger partial charge in [-0.25, -0.2) is 9.97 Å². The van der Waals surface area contributed by atoms with Crippen LogP contribution in [0, 0.1) is 0 Å². The van der Waals surface area contributed by atoms with Gasteiger partial charge in [0.15, 0.2) is 0 Å². The molecule has 18 heavy (non-hydrogen) atoms. The Hall–Kier alpha value is -1.90. The molecule has 1 heterocycles. The van der Waals surface area contributed by atoms with Crippen LogP contribution in [0.5, 0.6) is 11.8 Å². The molecule has 1 aromatic heterocycles. The molecule has 3 heteroatoms. The van der Waals surface area contributed by atoms with E-state index in [9.17, 15) is 0 Å². The first-order valence-corrected chi connectivity index (χ1v) is 6.17. The summed E-state index contributed by atoms with van der Waals surface area (Å²) in [6.07, 6.45) is 4.43. The highest BCUT2D eigenvalue weighted by Crippen LogP contribution is 2.28. The largest absolute Gasteiger partial charge is 0.424 e. The van der Waals surface area contributed by atoms with Gasteiger partial charge in [0.1, 0.15) is 5.75 Å². The number of ether oxygens (including phenoxy) is 1. The molecule has 2 aromatic rings. The van der Waals surface area contributed by atoms with Gasteiger partial charge < -0.3 is 4.74 Å². The number of hydrogen-bond acceptors (Lipinski definition) is 3. The summed E-state index contributed by atoms with van der Waals surface area (Å²) in [5.41, 5.74) is 1.51. The number of rotatable bonds is 4. The lowest BCUT2D eigenvalue weighted by atomic mass is 9.82. The summed E-state index contributed by atoms with van der Waals surface area (Å²) in [7, 11) is 0. The van der Waals surface area contributed by atoms with Crippen LogP contribution in [0.2, 0.25) is 0 Å². The predicted octanol–water partition coefficient (Wildman–Crippen LogP) is 3.96. The Morgan fingerprint density at radius 3 is 2.22 bits per heavy atom. The van der Waals surface area contributed by atoms with Gasteiger partial charge in [-0.2, -0.15) is 0 Å². The summed E-state index contributed by atoms with van der Waals surface area (Å²) in [4.78, 5) is 8.06. The van der Waals surface area contributed by atoms with E-state index in [1.807, 2.05) is 12.1 Å². The number of aromatic nitrogens is 2. The topological polar surface area (TPSA) is 35.0 Å². The number of nitrogens with zero attached hydrogens (tertiary/aromatic N) is 2. The van der Waals surface area contributed by atoms with Gasteiger partial charge in [-0.3, -0.25) is 0 Å². The quantitative estimate of drug-likeness (QED) is 0.814. The first-order chi connectivity index (χ1) is 8.62. The maximum absolute atomic E-state index is 5.56. The summed E-state index contributed by atoms with van der Waals surface area (Å²) in [6.45, 7) is 6.68. The minimum absolute atomic E-state index is 0.196. The van der Waals surface area contributed by atoms with Crippen LogP contribution < -0.4 is 4.74 Å². The molecule has 0 saturated heterocycles. The van der Waals surface area contributed by atoms with E-state index in [1.54, 1.807) is 18.5 Å². The molecule has 0 unspecified atom stereocenters. The van der Waals surface area contributed by atoms with Crippen molar-refractivity contribution in [1.82, 2.24) is 9.97 Å². The number of hydrogen-bond donors (Lipinski definition) is 0. The van der Waals surface area contributed by atoms with E-state index < -0.39 is 0 Å². The van der Waals surface area contributed by atoms with Crippen LogP contribution in [0.15, 0.2) is 42.7 Å². The zero-order valence-electron chi connectivity index (χ0n) is 11.1. The third-order valence-corrected chi connectivity index (χ3v) is 3.27. The van der Waals surface area contributed by atoms with Crippen molar-refractivity contribution >= 4 is 0 Å². The van der Waals surface area contributed by atoms with Crippen molar-refractivity contribution in [3.05, 3.63) is 48.3 Å². The zero-order valence-corrected chi connectivity index (χ0v) is 11.1. The van der Waals surface area contributed by atoms with Gasteiger partial charge in [0.05, 0.1) is 0 Å². The molecular weight excluding hydrogens is 224 g/mol. The van der Waals surface area contributed by atoms with Crippen LogP contribution in [0.1, 0.15) is 32.8 Å². The van der Waals surface area contributed by atoms with Crippen molar-refractivity contribution in [1.29, 1.82) is 0 Å². The Morgan fingerprint density at radius 2 is 1.67 bits per heavy atom. The highest BCUT2D eigenvalue weighted by molar-refractivity contribution is 5.32. The molecular formula is C15H18N2O. The Bertz CT molecular complexity index is 492. The highest BCUT2D eigenvalue weighted by atomic mass is 16.5. The predicted molar refractivity (Wildman–Crippen MR) is 71.9 cm³/mol. The monoisotopic (exact) mass is 242 g/mol. The maximum atomic E-state index is 5.56. The molecule has 0 saturated carbocycles. The third kappa shape index (κ3) is 2.86. The second-order valence-corrected chi connectivity index (χ2v) is 4.90. The fraction of sp³-hybridized carbons (Fsp3) is 0.333. The van der Waals surface area contributed by atoms with Crippen LogP contribution in [-0.4, -0.2) is 9.97 Å². The van der Waals surface area contributed by atoms with Gasteiger partial charge in [0.2, 0.25) is 0 Å². The van der Waals surface area contributed by atoms with Crippen LogP contribution >= 0.6 is 0 Å². The van der Waals surface area contributed by atoms with E-state index in [1.165, 1.54) is 5.56 Å². The second-order valence-electron chi connectivity index (χ2n) is 4.90. The van der Waals surface area contributed by atoms with Crippen LogP contribution in [0.25, 0.3) is 0 Å². The van der Waals surface area contributed by atoms with Crippen molar-refractivity contribution in [3.63, 3.8) is 0 Å². The van der Waals surface area contributed by atoms with Gasteiger partial charge in [0, 0.05) is 12.4 Å². The average Bonchev–Trinajstić information content (AvgIpc) is 2.40. The lowest BCUT2D eigenvalue weighted by molar-refractivity contribution is 0.440. The van der Waals surface area contributed by atoms with Gasteiger partial charge in [-0.05, 0) is 35.6 Å². The standard InChI is InChI=1S/C15H18N2O/c1-4-15(2,3)12-6-8-13(9-7-12)18-14-16-10-5-11-17-14/h5-11H,4H2,1-3H3. The molecule has 0 atom stereocenters. The normalized spacial score (nSPS) is 11.3. The Kier molecular flexibility index (Phi) is 3.60. The molecule has 0 spiro atoms. The molecule has 0 bridgehead atoms. The van der Waals surface area contributed by atoms with E-state index in [2.05, 4.69) is 42.9 Å². The zero-order chi connectivity index (χ0) is 13.0. The maximum Gasteiger partial charge on any atom is 0.321 e. The van der Waals surface area contributed by atoms with E-state index in [-0.39, 0.29) is 5.41 Å². The van der Waals surface area contributed by atoms with Crippen molar-refractivity contribution in [2.75, 3.05) is 0 Å². The average molecular weight is 242 g/mol. The summed E-state index contributed by atoms with van der Waals surface area (Å²) in [5, 5.41) is 0. The second kappa shape index (κ2) is 5.17. The molecule has 3 nitrogen and oxygen atoms in total. The number of benzene rings is 1. The van der Waals surface area contributed by atoms with Crippen molar-refractivity contribution in [2.24, 2.45) is 0 Å². The van der Waals surface area contributed by atoms with Crippen LogP contribution in [0.4, 0.5) is 0 Å². The highest BCUT2D eigenvalue weighted by Gasteiger charge is 2.17. The Labute approximate surface area is 108 Å². The van der Waals surface area contributed by atoms with Crippen LogP contribution in [-0.2, 0) is 5.41 Å². The van der Waals surface area contributed by atoms with Crippen molar-refractivity contribution in [3.8, 4) is 11.8 Å². The lowest BCUT2D eigenvalue weighted by Crippen LogP contribution is -2.14. The van der Waals surface area contributed by atoms with E-state index in [0.29, 0.717) is 6.01 Å². The molecule has 0 radical (unpaired) electrons. The van der Waals surface area contributed by atoms with Gasteiger partial charge in [-0.15, -0.1) is 0 Å². The Morgan fingerprint density at radius 1 is 1.06 bits per heavy atom. The lowest BCUT2D eigenvalue weighted by Gasteiger charge is -2.23. The minimum Gasteiger partial charge on any atom is -0.424 e. The summed E-state index contributed by atoms with van der Waals surface area (Å²) in [6, 6.07) is 10.3. The first-order valence-electron chi connectivity index (χ1n) is 6.17. The van der Waals surface area contributed by atoms with Gasteiger partial charge in [-0.1, -0.05) is 32.9 Å². The first kappa shape index (κ1) is 12.6. The SMILES string of the molecule is CCC(C)(C)c1ccc(Oc2ncccn2)cc1. The molecule has 94 valence electrons. The molecule has 0 N–H and O–H groups in total. The van der Waals surface area contributed by atoms with Gasteiger partial charge >= 0.3 is 6.01 Å². The molecule has 0 fully saturated rings. The van der Waals surface area contributed by atoms with Crippen LogP contribution in [0.3, 0.4) is 0 Å². The summed E-state index contributed by atoms with van der Waals surface area (Å²) >= 11 is 0. The van der Waals surface area contributed by atoms with E-state index >= 15 is 0 Å². The fourth-order valence-corrected chi connectivity index (χ4v) is 1.62. The molecule has 0 aliphatic carbocycles. The van der Waals surface area contributed by atoms with Crippen molar-refractivity contribution < 1.29 is 4.74 Å². The third-order valence-electron chi connectivity index (χ3n) is 3.27. The van der Waals surface area contributed by atoms with E-state index in [4.69, 9.17) is 4.74 Å². The van der Waals surface area contributed by atoms with E-state index in [0.717, 1.165) is 12.2 Å². The fourth-order valence-electron chi connectivity index (χ4n) is 1.62. The summed E-state index contributed by atoms with van der Waals surface area (Å²) < 4.78 is 5.56. The molecule has 0 aliphatic heterocycles. The van der Waals surface area contributed by atoms with Gasteiger partial charge in [0.25, 0.3) is 0 Å². The van der Waals surface area contributed by atoms with Crippen molar-refractivity contribution in [2.45, 2.75) is 32.6 Å². The molecule has 0 amide bonds.